The average Bonchev–Trinajstić information content (AvgIpc) is 3.02. The maximum Gasteiger partial charge on any atom is 0.287 e. The average molecular weight is 390 g/mol. The molecule has 5 aromatic rings. The summed E-state index contributed by atoms with van der Waals surface area (Å²) in [7, 11) is 0. The number of fused-ring (bicyclic) bond motifs is 5. The van der Waals surface area contributed by atoms with E-state index in [0.29, 0.717) is 0 Å². The lowest BCUT2D eigenvalue weighted by molar-refractivity contribution is -0.450. The summed E-state index contributed by atoms with van der Waals surface area (Å²) >= 11 is 0. The Labute approximate surface area is 167 Å². The highest BCUT2D eigenvalue weighted by atomic mass is 35.5. The molecule has 0 fully saturated rings. The van der Waals surface area contributed by atoms with E-state index < -0.39 is 0 Å². The maximum absolute atomic E-state index is 11.1. The largest absolute Gasteiger partial charge is 1.00 e. The van der Waals surface area contributed by atoms with Gasteiger partial charge in [0, 0.05) is 23.6 Å². The molecular weight excluding hydrogens is 374 g/mol. The molecule has 0 radical (unpaired) electrons. The Morgan fingerprint density at radius 2 is 1.61 bits per heavy atom. The molecule has 0 saturated heterocycles. The van der Waals surface area contributed by atoms with E-state index in [-0.39, 0.29) is 23.0 Å². The van der Waals surface area contributed by atoms with Crippen molar-refractivity contribution >= 4 is 33.3 Å². The number of aromatic nitrogens is 2. The highest BCUT2D eigenvalue weighted by Crippen LogP contribution is 2.24. The molecule has 0 amide bonds. The molecule has 0 aliphatic rings. The lowest BCUT2D eigenvalue weighted by atomic mass is 10.2. The first-order valence-electron chi connectivity index (χ1n) is 8.76. The summed E-state index contributed by atoms with van der Waals surface area (Å²) in [5.41, 5.74) is 5.57. The van der Waals surface area contributed by atoms with Crippen LogP contribution in [0.1, 0.15) is 5.56 Å². The Hall–Kier alpha value is -3.44. The molecule has 0 spiro atoms. The first-order valence-corrected chi connectivity index (χ1v) is 8.76. The monoisotopic (exact) mass is 389 g/mol. The highest BCUT2D eigenvalue weighted by Gasteiger charge is 2.21. The molecule has 5 nitrogen and oxygen atoms in total. The van der Waals surface area contributed by atoms with Gasteiger partial charge in [-0.15, -0.1) is 0 Å². The van der Waals surface area contributed by atoms with Gasteiger partial charge < -0.3 is 12.4 Å². The number of nitrogens with zero attached hydrogens (tertiary/aromatic N) is 3. The van der Waals surface area contributed by atoms with Crippen molar-refractivity contribution in [1.82, 2.24) is 4.57 Å². The van der Waals surface area contributed by atoms with Gasteiger partial charge in [0.25, 0.3) is 11.3 Å². The number of halogens is 1. The second-order valence-corrected chi connectivity index (χ2v) is 6.59. The van der Waals surface area contributed by atoms with Crippen LogP contribution in [0.4, 0.5) is 5.69 Å². The van der Waals surface area contributed by atoms with Crippen molar-refractivity contribution in [2.45, 2.75) is 6.54 Å². The highest BCUT2D eigenvalue weighted by molar-refractivity contribution is 5.84. The first kappa shape index (κ1) is 17.9. The van der Waals surface area contributed by atoms with E-state index in [4.69, 9.17) is 0 Å². The molecule has 0 unspecified atom stereocenters. The Morgan fingerprint density at radius 3 is 2.39 bits per heavy atom. The number of rotatable bonds is 3. The molecule has 0 aliphatic carbocycles. The van der Waals surface area contributed by atoms with E-state index in [1.54, 1.807) is 12.1 Å². The van der Waals surface area contributed by atoms with Gasteiger partial charge in [-0.25, -0.2) is 4.57 Å². The molecule has 3 aromatic carbocycles. The lowest BCUT2D eigenvalue weighted by Gasteiger charge is -2.01. The minimum absolute atomic E-state index is 0. The fourth-order valence-corrected chi connectivity index (χ4v) is 3.76. The molecule has 5 rings (SSSR count). The van der Waals surface area contributed by atoms with E-state index in [2.05, 4.69) is 33.2 Å². The van der Waals surface area contributed by atoms with Crippen LogP contribution in [0, 0.1) is 10.1 Å². The van der Waals surface area contributed by atoms with E-state index in [0.717, 1.165) is 34.1 Å². The third-order valence-corrected chi connectivity index (χ3v) is 4.98. The van der Waals surface area contributed by atoms with Gasteiger partial charge >= 0.3 is 0 Å². The summed E-state index contributed by atoms with van der Waals surface area (Å²) in [6.07, 6.45) is 0. The van der Waals surface area contributed by atoms with Gasteiger partial charge in [0.1, 0.15) is 12.1 Å². The Balaban J connectivity index is 0.00000192. The number of benzene rings is 3. The molecule has 2 aromatic heterocycles. The topological polar surface area (TPSA) is 52.2 Å². The molecule has 2 heterocycles. The third-order valence-electron chi connectivity index (χ3n) is 4.98. The van der Waals surface area contributed by atoms with Crippen LogP contribution in [0.15, 0.2) is 84.9 Å². The predicted octanol–water partition coefficient (Wildman–Crippen LogP) is 1.49. The van der Waals surface area contributed by atoms with Crippen molar-refractivity contribution in [3.63, 3.8) is 0 Å². The molecular formula is C22H16ClN3O2. The number of non-ortho nitro benzene ring substituents is 1. The molecule has 0 N–H and O–H groups in total. The summed E-state index contributed by atoms with van der Waals surface area (Å²) in [5, 5.41) is 12.0. The van der Waals surface area contributed by atoms with Crippen LogP contribution in [0.3, 0.4) is 0 Å². The quantitative estimate of drug-likeness (QED) is 0.267. The Kier molecular flexibility index (Phi) is 4.45. The third kappa shape index (κ3) is 2.77. The molecule has 0 atom stereocenters. The molecule has 138 valence electrons. The minimum atomic E-state index is -0.354. The van der Waals surface area contributed by atoms with Gasteiger partial charge in [0.15, 0.2) is 11.0 Å². The van der Waals surface area contributed by atoms with Crippen LogP contribution in [-0.2, 0) is 6.54 Å². The molecule has 28 heavy (non-hydrogen) atoms. The number of para-hydroxylation sites is 2. The lowest BCUT2D eigenvalue weighted by Crippen LogP contribution is -3.00. The van der Waals surface area contributed by atoms with Crippen molar-refractivity contribution in [3.8, 4) is 0 Å². The smallest absolute Gasteiger partial charge is 0.287 e. The Bertz CT molecular complexity index is 1330. The van der Waals surface area contributed by atoms with Gasteiger partial charge in [-0.1, -0.05) is 42.5 Å². The van der Waals surface area contributed by atoms with Crippen LogP contribution in [0.2, 0.25) is 0 Å². The summed E-state index contributed by atoms with van der Waals surface area (Å²) in [4.78, 5) is 10.8. The Morgan fingerprint density at radius 1 is 0.857 bits per heavy atom. The van der Waals surface area contributed by atoms with E-state index in [1.807, 2.05) is 48.5 Å². The fourth-order valence-electron chi connectivity index (χ4n) is 3.76. The van der Waals surface area contributed by atoms with Crippen molar-refractivity contribution in [1.29, 1.82) is 0 Å². The zero-order chi connectivity index (χ0) is 18.4. The summed E-state index contributed by atoms with van der Waals surface area (Å²) in [6.45, 7) is 0.760. The molecule has 0 aliphatic heterocycles. The summed E-state index contributed by atoms with van der Waals surface area (Å²) in [6, 6.07) is 27.6. The van der Waals surface area contributed by atoms with Crippen LogP contribution in [-0.4, -0.2) is 9.49 Å². The van der Waals surface area contributed by atoms with Gasteiger partial charge in [0.2, 0.25) is 0 Å². The van der Waals surface area contributed by atoms with E-state index >= 15 is 0 Å². The second-order valence-electron chi connectivity index (χ2n) is 6.59. The fraction of sp³-hybridized carbons (Fsp3) is 0.0455. The number of hydrogen-bond donors (Lipinski definition) is 0. The van der Waals surface area contributed by atoms with Crippen LogP contribution in [0.5, 0.6) is 0 Å². The normalized spacial score (nSPS) is 11.0. The minimum Gasteiger partial charge on any atom is -1.00 e. The molecule has 0 bridgehead atoms. The SMILES string of the molecule is O=[N+]([O-])c1ccc2c(ccc3n(Cc4ccccc4)c4ccccc4[n+]23)c1.[Cl-]. The number of imidazole rings is 1. The second kappa shape index (κ2) is 6.94. The van der Waals surface area contributed by atoms with Gasteiger partial charge in [0.05, 0.1) is 4.92 Å². The number of nitro groups is 1. The van der Waals surface area contributed by atoms with Crippen LogP contribution in [0.25, 0.3) is 27.6 Å². The van der Waals surface area contributed by atoms with Crippen molar-refractivity contribution in [2.24, 2.45) is 0 Å². The van der Waals surface area contributed by atoms with Gasteiger partial charge in [-0.05, 0) is 29.8 Å². The van der Waals surface area contributed by atoms with Crippen LogP contribution >= 0.6 is 0 Å². The first-order chi connectivity index (χ1) is 13.2. The van der Waals surface area contributed by atoms with Crippen LogP contribution < -0.4 is 16.8 Å². The van der Waals surface area contributed by atoms with Gasteiger partial charge in [-0.2, -0.15) is 4.40 Å². The predicted molar refractivity (Wildman–Crippen MR) is 105 cm³/mol. The zero-order valence-electron chi connectivity index (χ0n) is 14.8. The zero-order valence-corrected chi connectivity index (χ0v) is 15.6. The van der Waals surface area contributed by atoms with Gasteiger partial charge in [-0.3, -0.25) is 10.1 Å². The molecule has 6 heteroatoms. The molecule has 0 saturated carbocycles. The van der Waals surface area contributed by atoms with E-state index in [1.165, 1.54) is 5.56 Å². The number of pyridine rings is 1. The number of nitro benzene ring substituents is 1. The van der Waals surface area contributed by atoms with Crippen molar-refractivity contribution < 1.29 is 21.7 Å². The van der Waals surface area contributed by atoms with Crippen molar-refractivity contribution in [3.05, 3.63) is 101 Å². The van der Waals surface area contributed by atoms with E-state index in [9.17, 15) is 10.1 Å². The summed E-state index contributed by atoms with van der Waals surface area (Å²) < 4.78 is 4.46. The maximum atomic E-state index is 11.1. The summed E-state index contributed by atoms with van der Waals surface area (Å²) in [5.74, 6) is 0. The van der Waals surface area contributed by atoms with Crippen molar-refractivity contribution in [2.75, 3.05) is 0 Å². The standard InChI is InChI=1S/C22H16N3O2.ClH/c26-25(27)18-11-12-19-17(14-18)10-13-22-23(15-16-6-2-1-3-7-16)20-8-4-5-9-21(20)24(19)22;/h1-14H,15H2;1H/q+1;/p-1. The number of hydrogen-bond acceptors (Lipinski definition) is 2.